The van der Waals surface area contributed by atoms with Crippen molar-refractivity contribution in [1.29, 1.82) is 0 Å². The van der Waals surface area contributed by atoms with E-state index >= 15 is 0 Å². The number of benzene rings is 1. The molecule has 0 saturated heterocycles. The molecule has 1 aromatic heterocycles. The van der Waals surface area contributed by atoms with E-state index in [4.69, 9.17) is 0 Å². The van der Waals surface area contributed by atoms with Crippen molar-refractivity contribution in [3.8, 4) is 0 Å². The van der Waals surface area contributed by atoms with Crippen LogP contribution < -0.4 is 20.6 Å². The van der Waals surface area contributed by atoms with E-state index in [9.17, 15) is 0 Å². The number of aromatic nitrogens is 2. The highest BCUT2D eigenvalue weighted by Crippen LogP contribution is 2.13. The van der Waals surface area contributed by atoms with Crippen molar-refractivity contribution in [3.05, 3.63) is 58.9 Å². The minimum atomic E-state index is 0.764. The molecule has 21 heavy (non-hydrogen) atoms. The molecule has 1 aromatic carbocycles. The van der Waals surface area contributed by atoms with E-state index in [1.54, 1.807) is 6.33 Å². The topological polar surface area (TPSA) is 53.2 Å². The third-order valence-electron chi connectivity index (χ3n) is 3.61. The average Bonchev–Trinajstić information content (AvgIpc) is 2.74. The van der Waals surface area contributed by atoms with Crippen LogP contribution in [0, 0.1) is 6.92 Å². The van der Waals surface area contributed by atoms with Crippen LogP contribution in [0.5, 0.6) is 0 Å². The van der Waals surface area contributed by atoms with Crippen molar-refractivity contribution < 1.29 is 0 Å². The summed E-state index contributed by atoms with van der Waals surface area (Å²) in [5, 5.41) is 5.37. The van der Waals surface area contributed by atoms with E-state index in [-0.39, 0.29) is 0 Å². The first-order valence-electron chi connectivity index (χ1n) is 6.95. The quantitative estimate of drug-likeness (QED) is 0.863. The first kappa shape index (κ1) is 13.4. The number of rotatable bonds is 3. The summed E-state index contributed by atoms with van der Waals surface area (Å²) in [5.41, 5.74) is 3.15. The molecule has 0 amide bonds. The Bertz CT molecular complexity index is 851. The summed E-state index contributed by atoms with van der Waals surface area (Å²) >= 11 is 0. The van der Waals surface area contributed by atoms with Crippen molar-refractivity contribution in [2.75, 3.05) is 12.4 Å². The molecule has 2 heterocycles. The van der Waals surface area contributed by atoms with E-state index < -0.39 is 0 Å². The summed E-state index contributed by atoms with van der Waals surface area (Å²) in [6.45, 7) is 8.10. The SMILES string of the molecule is C=C1N=c2cc(Nc3cc(CC)ncn3)cc(C)c2=[N+]1C. The Morgan fingerprint density at radius 3 is 2.81 bits per heavy atom. The molecule has 5 nitrogen and oxygen atoms in total. The zero-order chi connectivity index (χ0) is 15.0. The normalized spacial score (nSPS) is 13.1. The second kappa shape index (κ2) is 5.09. The van der Waals surface area contributed by atoms with Crippen molar-refractivity contribution >= 4 is 11.5 Å². The second-order valence-corrected chi connectivity index (χ2v) is 5.12. The fourth-order valence-corrected chi connectivity index (χ4v) is 2.50. The van der Waals surface area contributed by atoms with Gasteiger partial charge in [-0.25, -0.2) is 14.5 Å². The fraction of sp³-hybridized carbons (Fsp3) is 0.250. The lowest BCUT2D eigenvalue weighted by Gasteiger charge is -2.06. The van der Waals surface area contributed by atoms with Gasteiger partial charge in [-0.05, 0) is 31.0 Å². The van der Waals surface area contributed by atoms with Gasteiger partial charge in [-0.15, -0.1) is 0 Å². The highest BCUT2D eigenvalue weighted by atomic mass is 15.1. The summed E-state index contributed by atoms with van der Waals surface area (Å²) in [7, 11) is 1.98. The molecule has 1 aliphatic rings. The molecule has 0 spiro atoms. The molecule has 0 bridgehead atoms. The maximum absolute atomic E-state index is 4.49. The van der Waals surface area contributed by atoms with Gasteiger partial charge in [0, 0.05) is 29.1 Å². The molecule has 5 heteroatoms. The van der Waals surface area contributed by atoms with Crippen LogP contribution >= 0.6 is 0 Å². The van der Waals surface area contributed by atoms with E-state index in [0.29, 0.717) is 0 Å². The first-order valence-corrected chi connectivity index (χ1v) is 6.95. The highest BCUT2D eigenvalue weighted by Gasteiger charge is 2.18. The van der Waals surface area contributed by atoms with Gasteiger partial charge < -0.3 is 5.32 Å². The van der Waals surface area contributed by atoms with Gasteiger partial charge >= 0.3 is 5.82 Å². The molecular weight excluding hydrogens is 262 g/mol. The van der Waals surface area contributed by atoms with Gasteiger partial charge in [0.1, 0.15) is 12.1 Å². The number of nitrogens with one attached hydrogen (secondary N) is 1. The molecule has 0 atom stereocenters. The Morgan fingerprint density at radius 1 is 1.24 bits per heavy atom. The lowest BCUT2D eigenvalue weighted by atomic mass is 10.2. The van der Waals surface area contributed by atoms with Crippen LogP contribution in [0.25, 0.3) is 0 Å². The summed E-state index contributed by atoms with van der Waals surface area (Å²) in [6.07, 6.45) is 2.47. The predicted octanol–water partition coefficient (Wildman–Crippen LogP) is 1.32. The number of fused-ring (bicyclic) bond motifs is 1. The summed E-state index contributed by atoms with van der Waals surface area (Å²) in [5.74, 6) is 1.56. The van der Waals surface area contributed by atoms with Crippen LogP contribution in [0.15, 0.2) is 41.9 Å². The molecule has 0 unspecified atom stereocenters. The standard InChI is InChI=1S/C16H18N5/c1-5-12-8-15(18-9-17-12)20-13-6-10(2)16-14(7-13)19-11(3)21(16)4/h6-9H,3,5H2,1-2,4H3,(H,17,18,20)/q+1. The van der Waals surface area contributed by atoms with E-state index in [0.717, 1.165) is 45.7 Å². The number of hydrogen-bond acceptors (Lipinski definition) is 4. The third-order valence-corrected chi connectivity index (χ3v) is 3.61. The lowest BCUT2D eigenvalue weighted by Crippen LogP contribution is -2.33. The van der Waals surface area contributed by atoms with Crippen LogP contribution in [0.3, 0.4) is 0 Å². The minimum absolute atomic E-state index is 0.764. The molecule has 0 fully saturated rings. The maximum atomic E-state index is 4.49. The van der Waals surface area contributed by atoms with Crippen molar-refractivity contribution in [3.63, 3.8) is 0 Å². The van der Waals surface area contributed by atoms with Crippen molar-refractivity contribution in [2.24, 2.45) is 4.99 Å². The highest BCUT2D eigenvalue weighted by molar-refractivity contribution is 5.57. The third kappa shape index (κ3) is 2.42. The van der Waals surface area contributed by atoms with Crippen LogP contribution in [0.4, 0.5) is 11.5 Å². The molecule has 0 radical (unpaired) electrons. The number of hydrogen-bond donors (Lipinski definition) is 1. The molecule has 0 saturated carbocycles. The molecule has 106 valence electrons. The van der Waals surface area contributed by atoms with Gasteiger partial charge in [0.25, 0.3) is 0 Å². The summed E-state index contributed by atoms with van der Waals surface area (Å²) < 4.78 is 2.01. The monoisotopic (exact) mass is 280 g/mol. The molecule has 3 rings (SSSR count). The van der Waals surface area contributed by atoms with Gasteiger partial charge in [0.2, 0.25) is 5.36 Å². The smallest absolute Gasteiger partial charge is 0.317 e. The number of aryl methyl sites for hydroxylation is 2. The average molecular weight is 280 g/mol. The molecule has 1 aliphatic heterocycles. The van der Waals surface area contributed by atoms with E-state index in [1.807, 2.05) is 23.8 Å². The zero-order valence-electron chi connectivity index (χ0n) is 12.5. The van der Waals surface area contributed by atoms with Crippen LogP contribution in [-0.2, 0) is 6.42 Å². The largest absolute Gasteiger partial charge is 0.340 e. The predicted molar refractivity (Wildman–Crippen MR) is 83.0 cm³/mol. The molecular formula is C16H18N5+. The van der Waals surface area contributed by atoms with Gasteiger partial charge in [0.15, 0.2) is 5.36 Å². The fourth-order valence-electron chi connectivity index (χ4n) is 2.50. The maximum Gasteiger partial charge on any atom is 0.317 e. The van der Waals surface area contributed by atoms with Gasteiger partial charge in [-0.2, -0.15) is 0 Å². The van der Waals surface area contributed by atoms with Crippen LogP contribution in [-0.4, -0.2) is 17.0 Å². The van der Waals surface area contributed by atoms with Gasteiger partial charge in [-0.1, -0.05) is 6.92 Å². The first-order chi connectivity index (χ1) is 10.1. The van der Waals surface area contributed by atoms with Crippen LogP contribution in [0.1, 0.15) is 18.2 Å². The van der Waals surface area contributed by atoms with Crippen molar-refractivity contribution in [2.45, 2.75) is 20.3 Å². The molecule has 1 N–H and O–H groups in total. The van der Waals surface area contributed by atoms with Gasteiger partial charge in [-0.3, -0.25) is 0 Å². The van der Waals surface area contributed by atoms with E-state index in [2.05, 4.69) is 46.8 Å². The summed E-state index contributed by atoms with van der Waals surface area (Å²) in [4.78, 5) is 13.0. The Hall–Kier alpha value is -2.56. The molecule has 2 aromatic rings. The summed E-state index contributed by atoms with van der Waals surface area (Å²) in [6, 6.07) is 6.08. The Morgan fingerprint density at radius 2 is 2.05 bits per heavy atom. The van der Waals surface area contributed by atoms with Crippen LogP contribution in [0.2, 0.25) is 0 Å². The Balaban J connectivity index is 2.03. The zero-order valence-corrected chi connectivity index (χ0v) is 12.5. The van der Waals surface area contributed by atoms with Gasteiger partial charge in [0.05, 0.1) is 7.05 Å². The number of anilines is 2. The number of nitrogens with zero attached hydrogens (tertiary/aromatic N) is 4. The lowest BCUT2D eigenvalue weighted by molar-refractivity contribution is 0.824. The van der Waals surface area contributed by atoms with Crippen molar-refractivity contribution in [1.82, 2.24) is 14.5 Å². The Kier molecular flexibility index (Phi) is 3.25. The second-order valence-electron chi connectivity index (χ2n) is 5.12. The molecule has 0 aliphatic carbocycles. The minimum Gasteiger partial charge on any atom is -0.340 e. The van der Waals surface area contributed by atoms with E-state index in [1.165, 1.54) is 0 Å². The Labute approximate surface area is 123 Å².